The van der Waals surface area contributed by atoms with E-state index in [1.54, 1.807) is 42.6 Å². The van der Waals surface area contributed by atoms with Gasteiger partial charge >= 0.3 is 0 Å². The summed E-state index contributed by atoms with van der Waals surface area (Å²) >= 11 is 0. The summed E-state index contributed by atoms with van der Waals surface area (Å²) in [7, 11) is -3.85. The van der Waals surface area contributed by atoms with E-state index in [2.05, 4.69) is 50.1 Å². The average Bonchev–Trinajstić information content (AvgIpc) is 3.25. The number of nitrogens with zero attached hydrogens (tertiary/aromatic N) is 2. The summed E-state index contributed by atoms with van der Waals surface area (Å²) in [6.45, 7) is 5.93. The minimum atomic E-state index is -3.85. The lowest BCUT2D eigenvalue weighted by atomic mass is 10.0. The molecule has 0 unspecified atom stereocenters. The largest absolute Gasteiger partial charge is 0.318 e. The topological polar surface area (TPSA) is 92.6 Å². The van der Waals surface area contributed by atoms with Crippen LogP contribution in [0.15, 0.2) is 113 Å². The van der Waals surface area contributed by atoms with Gasteiger partial charge in [-0.15, -0.1) is 0 Å². The normalized spacial score (nSPS) is 12.6. The van der Waals surface area contributed by atoms with Gasteiger partial charge in [0, 0.05) is 29.1 Å². The Bertz CT molecular complexity index is 1830. The molecule has 0 radical (unpaired) electrons. The molecule has 5 rings (SSSR count). The lowest BCUT2D eigenvalue weighted by molar-refractivity contribution is -0.121. The van der Waals surface area contributed by atoms with Gasteiger partial charge in [0.2, 0.25) is 15.9 Å². The quantitative estimate of drug-likeness (QED) is 0.167. The first kappa shape index (κ1) is 28.0. The van der Waals surface area contributed by atoms with Crippen molar-refractivity contribution in [2.45, 2.75) is 38.1 Å². The lowest BCUT2D eigenvalue weighted by Gasteiger charge is -2.18. The molecule has 8 heteroatoms. The van der Waals surface area contributed by atoms with Crippen molar-refractivity contribution in [3.05, 3.63) is 131 Å². The van der Waals surface area contributed by atoms with Gasteiger partial charge in [-0.25, -0.2) is 18.6 Å². The molecule has 0 fully saturated rings. The minimum Gasteiger partial charge on any atom is -0.318 e. The zero-order valence-electron chi connectivity index (χ0n) is 23.2. The third-order valence-electron chi connectivity index (χ3n) is 7.07. The number of hydrazone groups is 1. The van der Waals surface area contributed by atoms with Crippen LogP contribution in [0.4, 0.5) is 0 Å². The molecular weight excluding hydrogens is 532 g/mol. The number of carbonyl (C=O) groups excluding carboxylic acids is 1. The minimum absolute atomic E-state index is 0.122. The van der Waals surface area contributed by atoms with Crippen LogP contribution in [0.2, 0.25) is 0 Å². The van der Waals surface area contributed by atoms with Crippen molar-refractivity contribution in [2.75, 3.05) is 0 Å². The third-order valence-corrected chi connectivity index (χ3v) is 8.56. The molecule has 0 aliphatic heterocycles. The Balaban J connectivity index is 1.31. The monoisotopic (exact) mass is 564 g/mol. The molecular formula is C33H32N4O3S. The van der Waals surface area contributed by atoms with Gasteiger partial charge in [0.1, 0.15) is 0 Å². The standard InChI is InChI=1S/C33H32N4O3S/c1-23-13-17-31(18-14-23)41(39,40)36-32(27-10-5-4-6-11-27)21-33(38)35-34-22-29-19-24(2)37(25(29)3)30-16-15-26-9-7-8-12-28(26)20-30/h4-20,22,32,36H,21H2,1-3H3,(H,35,38)/b34-22-/t32-/m0/s1. The van der Waals surface area contributed by atoms with Crippen molar-refractivity contribution < 1.29 is 13.2 Å². The van der Waals surface area contributed by atoms with Crippen LogP contribution in [-0.2, 0) is 14.8 Å². The fourth-order valence-electron chi connectivity index (χ4n) is 4.92. The van der Waals surface area contributed by atoms with Crippen molar-refractivity contribution in [1.29, 1.82) is 0 Å². The van der Waals surface area contributed by atoms with Crippen molar-refractivity contribution in [2.24, 2.45) is 5.10 Å². The third kappa shape index (κ3) is 6.45. The smallest absolute Gasteiger partial charge is 0.242 e. The van der Waals surface area contributed by atoms with Crippen LogP contribution in [0.5, 0.6) is 0 Å². The summed E-state index contributed by atoms with van der Waals surface area (Å²) in [5.41, 5.74) is 8.16. The van der Waals surface area contributed by atoms with Gasteiger partial charge in [-0.3, -0.25) is 4.79 Å². The number of rotatable bonds is 9. The molecule has 4 aromatic carbocycles. The predicted octanol–water partition coefficient (Wildman–Crippen LogP) is 6.12. The van der Waals surface area contributed by atoms with Crippen molar-refractivity contribution >= 4 is 32.9 Å². The molecule has 0 aliphatic rings. The highest BCUT2D eigenvalue weighted by Crippen LogP contribution is 2.24. The summed E-state index contributed by atoms with van der Waals surface area (Å²) in [5, 5.41) is 6.53. The van der Waals surface area contributed by atoms with Gasteiger partial charge < -0.3 is 4.57 Å². The van der Waals surface area contributed by atoms with E-state index in [4.69, 9.17) is 0 Å². The average molecular weight is 565 g/mol. The van der Waals surface area contributed by atoms with Gasteiger partial charge in [-0.2, -0.15) is 5.10 Å². The molecule has 0 aliphatic carbocycles. The summed E-state index contributed by atoms with van der Waals surface area (Å²) in [5.74, 6) is -0.412. The second-order valence-corrected chi connectivity index (χ2v) is 11.8. The molecule has 0 spiro atoms. The van der Waals surface area contributed by atoms with Crippen LogP contribution in [0, 0.1) is 20.8 Å². The maximum atomic E-state index is 13.1. The van der Waals surface area contributed by atoms with E-state index in [0.717, 1.165) is 33.6 Å². The van der Waals surface area contributed by atoms with Gasteiger partial charge in [0.25, 0.3) is 0 Å². The van der Waals surface area contributed by atoms with Crippen LogP contribution >= 0.6 is 0 Å². The van der Waals surface area contributed by atoms with Crippen molar-refractivity contribution in [3.8, 4) is 5.69 Å². The molecule has 0 saturated heterocycles. The second-order valence-electron chi connectivity index (χ2n) is 10.1. The summed E-state index contributed by atoms with van der Waals surface area (Å²) in [6.07, 6.45) is 1.49. The zero-order chi connectivity index (χ0) is 29.0. The van der Waals surface area contributed by atoms with Gasteiger partial charge in [0.15, 0.2) is 0 Å². The first-order chi connectivity index (χ1) is 19.7. The Morgan fingerprint density at radius 3 is 2.27 bits per heavy atom. The highest BCUT2D eigenvalue weighted by Gasteiger charge is 2.23. The number of aryl methyl sites for hydroxylation is 2. The number of aromatic nitrogens is 1. The van der Waals surface area contributed by atoms with E-state index in [1.165, 1.54) is 5.39 Å². The number of sulfonamides is 1. The Morgan fingerprint density at radius 2 is 1.54 bits per heavy atom. The Morgan fingerprint density at radius 1 is 0.854 bits per heavy atom. The SMILES string of the molecule is Cc1ccc(S(=O)(=O)N[C@@H](CC(=O)N/N=C\c2cc(C)n(-c3ccc4ccccc4c3)c2C)c2ccccc2)cc1. The van der Waals surface area contributed by atoms with E-state index in [0.29, 0.717) is 5.56 Å². The first-order valence-electron chi connectivity index (χ1n) is 13.4. The number of hydrogen-bond acceptors (Lipinski definition) is 4. The molecule has 1 atom stereocenters. The summed E-state index contributed by atoms with van der Waals surface area (Å²) in [4.78, 5) is 13.1. The zero-order valence-corrected chi connectivity index (χ0v) is 24.0. The second kappa shape index (κ2) is 11.9. The predicted molar refractivity (Wildman–Crippen MR) is 164 cm³/mol. The Hall–Kier alpha value is -4.53. The fraction of sp³-hybridized carbons (Fsp3) is 0.152. The molecule has 1 aromatic heterocycles. The fourth-order valence-corrected chi connectivity index (χ4v) is 6.15. The van der Waals surface area contributed by atoms with Crippen molar-refractivity contribution in [1.82, 2.24) is 14.7 Å². The molecule has 1 heterocycles. The molecule has 1 amide bonds. The molecule has 2 N–H and O–H groups in total. The molecule has 7 nitrogen and oxygen atoms in total. The van der Waals surface area contributed by atoms with Gasteiger partial charge in [-0.1, -0.05) is 78.4 Å². The molecule has 41 heavy (non-hydrogen) atoms. The summed E-state index contributed by atoms with van der Waals surface area (Å²) < 4.78 is 31.0. The van der Waals surface area contributed by atoms with Crippen LogP contribution < -0.4 is 10.1 Å². The number of hydrogen-bond donors (Lipinski definition) is 2. The maximum absolute atomic E-state index is 13.1. The lowest BCUT2D eigenvalue weighted by Crippen LogP contribution is -2.32. The molecule has 208 valence electrons. The summed E-state index contributed by atoms with van der Waals surface area (Å²) in [6, 6.07) is 31.5. The van der Waals surface area contributed by atoms with E-state index in [1.807, 2.05) is 57.2 Å². The molecule has 5 aromatic rings. The Labute approximate surface area is 240 Å². The number of fused-ring (bicyclic) bond motifs is 1. The van der Waals surface area contributed by atoms with Crippen LogP contribution in [0.25, 0.3) is 16.5 Å². The van der Waals surface area contributed by atoms with Crippen LogP contribution in [0.3, 0.4) is 0 Å². The van der Waals surface area contributed by atoms with E-state index in [9.17, 15) is 13.2 Å². The van der Waals surface area contributed by atoms with Crippen LogP contribution in [-0.4, -0.2) is 25.1 Å². The van der Waals surface area contributed by atoms with E-state index < -0.39 is 22.0 Å². The maximum Gasteiger partial charge on any atom is 0.242 e. The number of amides is 1. The van der Waals surface area contributed by atoms with E-state index in [-0.39, 0.29) is 11.3 Å². The Kier molecular flexibility index (Phi) is 8.14. The highest BCUT2D eigenvalue weighted by atomic mass is 32.2. The van der Waals surface area contributed by atoms with Gasteiger partial charge in [-0.05, 0) is 67.4 Å². The number of benzene rings is 4. The number of carbonyl (C=O) groups is 1. The first-order valence-corrected chi connectivity index (χ1v) is 14.8. The van der Waals surface area contributed by atoms with Crippen LogP contribution in [0.1, 0.15) is 40.5 Å². The molecule has 0 saturated carbocycles. The van der Waals surface area contributed by atoms with Crippen molar-refractivity contribution in [3.63, 3.8) is 0 Å². The molecule has 0 bridgehead atoms. The van der Waals surface area contributed by atoms with Gasteiger partial charge in [0.05, 0.1) is 17.2 Å². The highest BCUT2D eigenvalue weighted by molar-refractivity contribution is 7.89. The number of nitrogens with one attached hydrogen (secondary N) is 2. The van der Waals surface area contributed by atoms with E-state index >= 15 is 0 Å².